The van der Waals surface area contributed by atoms with Crippen molar-refractivity contribution >= 4 is 17.5 Å². The Balaban J connectivity index is 1.81. The number of carbonyl (C=O) groups is 1. The van der Waals surface area contributed by atoms with Gasteiger partial charge in [0.1, 0.15) is 12.2 Å². The lowest BCUT2D eigenvalue weighted by Crippen LogP contribution is -2.29. The molecule has 0 fully saturated rings. The van der Waals surface area contributed by atoms with Crippen LogP contribution in [-0.4, -0.2) is 32.0 Å². The highest BCUT2D eigenvalue weighted by Gasteiger charge is 2.21. The molecule has 0 unspecified atom stereocenters. The largest absolute Gasteiger partial charge is 0.354 e. The summed E-state index contributed by atoms with van der Waals surface area (Å²) >= 11 is 5.79. The Hall–Kier alpha value is -1.96. The van der Waals surface area contributed by atoms with Crippen molar-refractivity contribution in [3.05, 3.63) is 34.4 Å². The van der Waals surface area contributed by atoms with Crippen molar-refractivity contribution in [2.75, 3.05) is 6.54 Å². The SMILES string of the molecule is Cc1ccnn1CCCNC(=O)Cn1nc(C(F)F)c(Cl)c1C. The van der Waals surface area contributed by atoms with Crippen molar-refractivity contribution in [3.63, 3.8) is 0 Å². The van der Waals surface area contributed by atoms with Crippen molar-refractivity contribution < 1.29 is 13.6 Å². The number of alkyl halides is 2. The zero-order valence-electron chi connectivity index (χ0n) is 12.9. The topological polar surface area (TPSA) is 64.7 Å². The molecule has 2 aromatic heterocycles. The molecule has 2 rings (SSSR count). The third-order valence-corrected chi connectivity index (χ3v) is 3.92. The van der Waals surface area contributed by atoms with E-state index in [0.717, 1.165) is 12.1 Å². The van der Waals surface area contributed by atoms with Gasteiger partial charge in [0, 0.05) is 25.0 Å². The second kappa shape index (κ2) is 7.54. The van der Waals surface area contributed by atoms with Gasteiger partial charge in [0.2, 0.25) is 5.91 Å². The van der Waals surface area contributed by atoms with Gasteiger partial charge in [-0.2, -0.15) is 10.2 Å². The molecule has 23 heavy (non-hydrogen) atoms. The van der Waals surface area contributed by atoms with E-state index in [1.807, 2.05) is 17.7 Å². The van der Waals surface area contributed by atoms with Crippen LogP contribution in [0.2, 0.25) is 5.02 Å². The molecule has 0 saturated heterocycles. The molecule has 0 saturated carbocycles. The van der Waals surface area contributed by atoms with Crippen LogP contribution >= 0.6 is 11.6 Å². The smallest absolute Gasteiger partial charge is 0.283 e. The van der Waals surface area contributed by atoms with Crippen LogP contribution in [0.15, 0.2) is 12.3 Å². The summed E-state index contributed by atoms with van der Waals surface area (Å²) in [5.41, 5.74) is 0.910. The van der Waals surface area contributed by atoms with Gasteiger partial charge in [-0.1, -0.05) is 11.6 Å². The van der Waals surface area contributed by atoms with Gasteiger partial charge in [0.25, 0.3) is 6.43 Å². The van der Waals surface area contributed by atoms with Crippen molar-refractivity contribution in [3.8, 4) is 0 Å². The molecule has 0 aliphatic heterocycles. The number of rotatable bonds is 7. The van der Waals surface area contributed by atoms with Gasteiger partial charge in [-0.05, 0) is 26.3 Å². The van der Waals surface area contributed by atoms with Crippen molar-refractivity contribution in [2.45, 2.75) is 39.8 Å². The van der Waals surface area contributed by atoms with E-state index in [2.05, 4.69) is 15.5 Å². The molecule has 9 heteroatoms. The Labute approximate surface area is 137 Å². The Bertz CT molecular complexity index is 683. The number of nitrogens with zero attached hydrogens (tertiary/aromatic N) is 4. The fourth-order valence-electron chi connectivity index (χ4n) is 2.12. The Morgan fingerprint density at radius 3 is 2.70 bits per heavy atom. The van der Waals surface area contributed by atoms with Crippen LogP contribution < -0.4 is 5.32 Å². The third kappa shape index (κ3) is 4.28. The number of amides is 1. The monoisotopic (exact) mass is 345 g/mol. The van der Waals surface area contributed by atoms with Gasteiger partial charge in [0.05, 0.1) is 10.7 Å². The zero-order valence-corrected chi connectivity index (χ0v) is 13.6. The molecule has 0 spiro atoms. The summed E-state index contributed by atoms with van der Waals surface area (Å²) in [5, 5.41) is 10.5. The Morgan fingerprint density at radius 2 is 2.13 bits per heavy atom. The third-order valence-electron chi connectivity index (χ3n) is 3.46. The maximum Gasteiger partial charge on any atom is 0.283 e. The molecule has 126 valence electrons. The summed E-state index contributed by atoms with van der Waals surface area (Å²) in [6.07, 6.45) is -0.323. The number of carbonyl (C=O) groups excluding carboxylic acids is 1. The molecule has 6 nitrogen and oxygen atoms in total. The van der Waals surface area contributed by atoms with Crippen molar-refractivity contribution in [1.29, 1.82) is 0 Å². The average Bonchev–Trinajstić information content (AvgIpc) is 3.02. The quantitative estimate of drug-likeness (QED) is 0.784. The fraction of sp³-hybridized carbons (Fsp3) is 0.500. The molecular formula is C14H18ClF2N5O. The highest BCUT2D eigenvalue weighted by Crippen LogP contribution is 2.28. The molecule has 0 bridgehead atoms. The summed E-state index contributed by atoms with van der Waals surface area (Å²) in [7, 11) is 0. The molecule has 0 aliphatic carbocycles. The predicted molar refractivity (Wildman–Crippen MR) is 81.5 cm³/mol. The molecule has 0 aromatic carbocycles. The minimum Gasteiger partial charge on any atom is -0.354 e. The maximum atomic E-state index is 12.7. The van der Waals surface area contributed by atoms with E-state index in [-0.39, 0.29) is 17.5 Å². The van der Waals surface area contributed by atoms with Gasteiger partial charge in [-0.15, -0.1) is 0 Å². The van der Waals surface area contributed by atoms with Gasteiger partial charge in [-0.25, -0.2) is 8.78 Å². The maximum absolute atomic E-state index is 12.7. The lowest BCUT2D eigenvalue weighted by atomic mass is 10.3. The first-order valence-corrected chi connectivity index (χ1v) is 7.54. The molecule has 1 amide bonds. The number of halogens is 3. The van der Waals surface area contributed by atoms with Crippen molar-refractivity contribution in [1.82, 2.24) is 24.9 Å². The predicted octanol–water partition coefficient (Wildman–Crippen LogP) is 2.49. The van der Waals surface area contributed by atoms with E-state index in [9.17, 15) is 13.6 Å². The molecule has 0 radical (unpaired) electrons. The van der Waals surface area contributed by atoms with E-state index < -0.39 is 12.1 Å². The first-order chi connectivity index (χ1) is 10.9. The van der Waals surface area contributed by atoms with Crippen molar-refractivity contribution in [2.24, 2.45) is 0 Å². The van der Waals surface area contributed by atoms with E-state index >= 15 is 0 Å². The van der Waals surface area contributed by atoms with Gasteiger partial charge in [-0.3, -0.25) is 14.2 Å². The number of hydrogen-bond donors (Lipinski definition) is 1. The van der Waals surface area contributed by atoms with E-state index in [1.54, 1.807) is 13.1 Å². The number of nitrogens with one attached hydrogen (secondary N) is 1. The minimum absolute atomic E-state index is 0.0954. The van der Waals surface area contributed by atoms with E-state index in [4.69, 9.17) is 11.6 Å². The van der Waals surface area contributed by atoms with Crippen LogP contribution in [0.1, 0.15) is 29.9 Å². The first kappa shape index (κ1) is 17.4. The summed E-state index contributed by atoms with van der Waals surface area (Å²) in [6, 6.07) is 1.91. The number of hydrogen-bond acceptors (Lipinski definition) is 3. The summed E-state index contributed by atoms with van der Waals surface area (Å²) in [5.74, 6) is -0.301. The average molecular weight is 346 g/mol. The lowest BCUT2D eigenvalue weighted by Gasteiger charge is -2.08. The number of aromatic nitrogens is 4. The normalized spacial score (nSPS) is 11.2. The summed E-state index contributed by atoms with van der Waals surface area (Å²) in [6.45, 7) is 4.53. The zero-order chi connectivity index (χ0) is 17.0. The van der Waals surface area contributed by atoms with Gasteiger partial charge < -0.3 is 5.32 Å². The van der Waals surface area contributed by atoms with Crippen LogP contribution in [0.25, 0.3) is 0 Å². The van der Waals surface area contributed by atoms with E-state index in [1.165, 1.54) is 4.68 Å². The lowest BCUT2D eigenvalue weighted by molar-refractivity contribution is -0.121. The van der Waals surface area contributed by atoms with Crippen LogP contribution in [0.3, 0.4) is 0 Å². The summed E-state index contributed by atoms with van der Waals surface area (Å²) in [4.78, 5) is 11.9. The molecule has 2 heterocycles. The van der Waals surface area contributed by atoms with E-state index in [0.29, 0.717) is 18.8 Å². The highest BCUT2D eigenvalue weighted by atomic mass is 35.5. The van der Waals surface area contributed by atoms with Crippen LogP contribution in [0, 0.1) is 13.8 Å². The second-order valence-electron chi connectivity index (χ2n) is 5.14. The summed E-state index contributed by atoms with van der Waals surface area (Å²) < 4.78 is 28.4. The Kier molecular flexibility index (Phi) is 5.70. The molecule has 1 N–H and O–H groups in total. The molecule has 0 aliphatic rings. The molecule has 2 aromatic rings. The van der Waals surface area contributed by atoms with Gasteiger partial charge in [0.15, 0.2) is 0 Å². The number of aryl methyl sites for hydroxylation is 2. The van der Waals surface area contributed by atoms with Crippen LogP contribution in [0.5, 0.6) is 0 Å². The fourth-order valence-corrected chi connectivity index (χ4v) is 2.34. The van der Waals surface area contributed by atoms with Crippen LogP contribution in [0.4, 0.5) is 8.78 Å². The Morgan fingerprint density at radius 1 is 1.39 bits per heavy atom. The molecule has 0 atom stereocenters. The van der Waals surface area contributed by atoms with Gasteiger partial charge >= 0.3 is 0 Å². The van der Waals surface area contributed by atoms with Crippen LogP contribution in [-0.2, 0) is 17.9 Å². The standard InChI is InChI=1S/C14H18ClF2N5O/c1-9-4-6-19-21(9)7-3-5-18-11(23)8-22-10(2)12(15)13(20-22)14(16)17/h4,6,14H,3,5,7-8H2,1-2H3,(H,18,23). The highest BCUT2D eigenvalue weighted by molar-refractivity contribution is 6.31. The molecular weight excluding hydrogens is 328 g/mol. The first-order valence-electron chi connectivity index (χ1n) is 7.16. The second-order valence-corrected chi connectivity index (χ2v) is 5.52. The minimum atomic E-state index is -2.76.